The first-order chi connectivity index (χ1) is 12.6. The summed E-state index contributed by atoms with van der Waals surface area (Å²) < 4.78 is 10.4. The Kier molecular flexibility index (Phi) is 4.51. The molecule has 8 heteroatoms. The third-order valence-corrected chi connectivity index (χ3v) is 4.24. The van der Waals surface area contributed by atoms with E-state index in [1.165, 1.54) is 0 Å². The summed E-state index contributed by atoms with van der Waals surface area (Å²) in [6, 6.07) is 5.15. The minimum Gasteiger partial charge on any atom is -0.478 e. The lowest BCUT2D eigenvalue weighted by Crippen LogP contribution is -2.34. The standard InChI is InChI=1S/C19H21N3O5/c1-9-13(17(23)24)15(11-7-6-8-12-16(11)22-27-21-12)14(10(2)20-9)18(25)26-19(3,4)5/h6-8,15,20H,1-5H3,(H,23,24). The molecule has 1 aromatic carbocycles. The van der Waals surface area contributed by atoms with Crippen molar-refractivity contribution < 1.29 is 24.1 Å². The van der Waals surface area contributed by atoms with Crippen LogP contribution in [0, 0.1) is 0 Å². The lowest BCUT2D eigenvalue weighted by molar-refractivity contribution is -0.150. The number of fused-ring (bicyclic) bond motifs is 1. The van der Waals surface area contributed by atoms with Gasteiger partial charge in [0, 0.05) is 11.4 Å². The fraction of sp³-hybridized carbons (Fsp3) is 0.368. The van der Waals surface area contributed by atoms with Gasteiger partial charge in [-0.05, 0) is 56.6 Å². The Morgan fingerprint density at radius 2 is 1.81 bits per heavy atom. The normalized spacial score (nSPS) is 17.9. The van der Waals surface area contributed by atoms with Gasteiger partial charge in [0.15, 0.2) is 0 Å². The van der Waals surface area contributed by atoms with Crippen molar-refractivity contribution in [2.24, 2.45) is 0 Å². The summed E-state index contributed by atoms with van der Waals surface area (Å²) >= 11 is 0. The van der Waals surface area contributed by atoms with Crippen molar-refractivity contribution in [3.63, 3.8) is 0 Å². The van der Waals surface area contributed by atoms with E-state index in [0.717, 1.165) is 0 Å². The number of rotatable bonds is 3. The molecule has 1 aromatic heterocycles. The van der Waals surface area contributed by atoms with Gasteiger partial charge in [0.25, 0.3) is 0 Å². The second-order valence-electron chi connectivity index (χ2n) is 7.42. The van der Waals surface area contributed by atoms with E-state index < -0.39 is 23.5 Å². The van der Waals surface area contributed by atoms with E-state index in [1.54, 1.807) is 52.8 Å². The Bertz CT molecular complexity index is 994. The van der Waals surface area contributed by atoms with E-state index in [0.29, 0.717) is 28.0 Å². The first-order valence-corrected chi connectivity index (χ1v) is 8.46. The molecule has 142 valence electrons. The molecular formula is C19H21N3O5. The highest BCUT2D eigenvalue weighted by molar-refractivity contribution is 6.00. The van der Waals surface area contributed by atoms with Crippen LogP contribution in [0.5, 0.6) is 0 Å². The number of ether oxygens (including phenoxy) is 1. The Morgan fingerprint density at radius 1 is 1.15 bits per heavy atom. The number of carbonyl (C=O) groups excluding carboxylic acids is 1. The molecule has 0 saturated carbocycles. The number of allylic oxidation sites excluding steroid dienone is 2. The van der Waals surface area contributed by atoms with Crippen molar-refractivity contribution in [2.45, 2.75) is 46.1 Å². The fourth-order valence-electron chi connectivity index (χ4n) is 3.25. The van der Waals surface area contributed by atoms with E-state index in [9.17, 15) is 14.7 Å². The lowest BCUT2D eigenvalue weighted by atomic mass is 9.80. The van der Waals surface area contributed by atoms with Crippen LogP contribution in [-0.4, -0.2) is 33.0 Å². The molecule has 1 atom stereocenters. The molecule has 8 nitrogen and oxygen atoms in total. The minimum absolute atomic E-state index is 0.0527. The summed E-state index contributed by atoms with van der Waals surface area (Å²) in [6.45, 7) is 8.65. The third-order valence-electron chi connectivity index (χ3n) is 4.24. The Balaban J connectivity index is 2.24. The van der Waals surface area contributed by atoms with Crippen LogP contribution in [0.2, 0.25) is 0 Å². The zero-order chi connectivity index (χ0) is 19.9. The number of dihydropyridines is 1. The van der Waals surface area contributed by atoms with Crippen molar-refractivity contribution >= 4 is 23.0 Å². The summed E-state index contributed by atoms with van der Waals surface area (Å²) in [5.41, 5.74) is 1.94. The SMILES string of the molecule is CC1=C(C(=O)O)C(c2cccc3nonc23)C(C(=O)OC(C)(C)C)=C(C)N1. The number of nitrogens with zero attached hydrogens (tertiary/aromatic N) is 2. The largest absolute Gasteiger partial charge is 0.478 e. The zero-order valence-corrected chi connectivity index (χ0v) is 15.8. The average Bonchev–Trinajstić information content (AvgIpc) is 3.00. The van der Waals surface area contributed by atoms with Crippen LogP contribution in [0.25, 0.3) is 11.0 Å². The quantitative estimate of drug-likeness (QED) is 0.792. The molecule has 0 fully saturated rings. The Hall–Kier alpha value is -3.16. The third kappa shape index (κ3) is 3.42. The monoisotopic (exact) mass is 371 g/mol. The number of carboxylic acid groups (broad SMARTS) is 1. The molecule has 27 heavy (non-hydrogen) atoms. The van der Waals surface area contributed by atoms with Crippen LogP contribution in [0.15, 0.2) is 45.4 Å². The summed E-state index contributed by atoms with van der Waals surface area (Å²) in [4.78, 5) is 25.0. The van der Waals surface area contributed by atoms with Crippen molar-refractivity contribution in [1.29, 1.82) is 0 Å². The van der Waals surface area contributed by atoms with Gasteiger partial charge in [0.05, 0.1) is 17.1 Å². The number of benzene rings is 1. The predicted molar refractivity (Wildman–Crippen MR) is 96.6 cm³/mol. The van der Waals surface area contributed by atoms with Gasteiger partial charge in [-0.1, -0.05) is 12.1 Å². The summed E-state index contributed by atoms with van der Waals surface area (Å²) in [5.74, 6) is -2.58. The van der Waals surface area contributed by atoms with Gasteiger partial charge in [-0.25, -0.2) is 14.2 Å². The van der Waals surface area contributed by atoms with Crippen LogP contribution in [0.4, 0.5) is 0 Å². The van der Waals surface area contributed by atoms with E-state index in [1.807, 2.05) is 0 Å². The van der Waals surface area contributed by atoms with Crippen LogP contribution in [0.1, 0.15) is 46.1 Å². The smallest absolute Gasteiger partial charge is 0.337 e. The number of esters is 1. The van der Waals surface area contributed by atoms with Crippen LogP contribution < -0.4 is 5.32 Å². The number of hydrogen-bond donors (Lipinski definition) is 2. The molecule has 0 aliphatic carbocycles. The number of carboxylic acids is 1. The maximum Gasteiger partial charge on any atom is 0.337 e. The predicted octanol–water partition coefficient (Wildman–Crippen LogP) is 2.88. The topological polar surface area (TPSA) is 115 Å². The van der Waals surface area contributed by atoms with Gasteiger partial charge in [-0.2, -0.15) is 0 Å². The average molecular weight is 371 g/mol. The van der Waals surface area contributed by atoms with Crippen molar-refractivity contribution in [1.82, 2.24) is 15.6 Å². The molecular weight excluding hydrogens is 350 g/mol. The highest BCUT2D eigenvalue weighted by Gasteiger charge is 2.39. The molecule has 1 aliphatic heterocycles. The van der Waals surface area contributed by atoms with Gasteiger partial charge in [0.2, 0.25) is 0 Å². The number of aromatic nitrogens is 2. The van der Waals surface area contributed by atoms with E-state index in [2.05, 4.69) is 15.6 Å². The van der Waals surface area contributed by atoms with Gasteiger partial charge in [-0.15, -0.1) is 0 Å². The molecule has 1 unspecified atom stereocenters. The molecule has 0 amide bonds. The summed E-state index contributed by atoms with van der Waals surface area (Å²) in [5, 5.41) is 20.6. The van der Waals surface area contributed by atoms with Crippen LogP contribution in [0.3, 0.4) is 0 Å². The molecule has 2 aromatic rings. The first-order valence-electron chi connectivity index (χ1n) is 8.46. The van der Waals surface area contributed by atoms with Crippen molar-refractivity contribution in [2.75, 3.05) is 0 Å². The van der Waals surface area contributed by atoms with E-state index in [-0.39, 0.29) is 11.1 Å². The van der Waals surface area contributed by atoms with Gasteiger partial charge in [0.1, 0.15) is 16.6 Å². The molecule has 3 rings (SSSR count). The van der Waals surface area contributed by atoms with Crippen LogP contribution >= 0.6 is 0 Å². The lowest BCUT2D eigenvalue weighted by Gasteiger charge is -2.31. The number of aliphatic carboxylic acids is 1. The van der Waals surface area contributed by atoms with Gasteiger partial charge < -0.3 is 15.2 Å². The summed E-state index contributed by atoms with van der Waals surface area (Å²) in [7, 11) is 0. The van der Waals surface area contributed by atoms with Crippen molar-refractivity contribution in [3.8, 4) is 0 Å². The summed E-state index contributed by atoms with van der Waals surface area (Å²) in [6.07, 6.45) is 0. The van der Waals surface area contributed by atoms with Gasteiger partial charge >= 0.3 is 11.9 Å². The molecule has 2 heterocycles. The second-order valence-corrected chi connectivity index (χ2v) is 7.42. The number of hydrogen-bond acceptors (Lipinski definition) is 7. The number of carbonyl (C=O) groups is 2. The molecule has 0 radical (unpaired) electrons. The first kappa shape index (κ1) is 18.6. The van der Waals surface area contributed by atoms with Gasteiger partial charge in [-0.3, -0.25) is 0 Å². The van der Waals surface area contributed by atoms with Crippen molar-refractivity contribution in [3.05, 3.63) is 46.3 Å². The van der Waals surface area contributed by atoms with Crippen LogP contribution in [-0.2, 0) is 14.3 Å². The second kappa shape index (κ2) is 6.53. The van der Waals surface area contributed by atoms with E-state index >= 15 is 0 Å². The molecule has 2 N–H and O–H groups in total. The highest BCUT2D eigenvalue weighted by atomic mass is 16.6. The maximum atomic E-state index is 13.0. The Morgan fingerprint density at radius 3 is 2.44 bits per heavy atom. The zero-order valence-electron chi connectivity index (χ0n) is 15.8. The molecule has 0 spiro atoms. The fourth-order valence-corrected chi connectivity index (χ4v) is 3.25. The Labute approximate surface area is 155 Å². The molecule has 0 bridgehead atoms. The maximum absolute atomic E-state index is 13.0. The molecule has 1 aliphatic rings. The number of nitrogens with one attached hydrogen (secondary N) is 1. The molecule has 0 saturated heterocycles. The highest BCUT2D eigenvalue weighted by Crippen LogP contribution is 2.41. The van der Waals surface area contributed by atoms with E-state index in [4.69, 9.17) is 9.37 Å². The minimum atomic E-state index is -1.13.